The summed E-state index contributed by atoms with van der Waals surface area (Å²) in [7, 11) is 1.64. The molecule has 4 heteroatoms. The van der Waals surface area contributed by atoms with Crippen molar-refractivity contribution in [2.24, 2.45) is 5.92 Å². The lowest BCUT2D eigenvalue weighted by Crippen LogP contribution is -2.50. The normalized spacial score (nSPS) is 25.4. The zero-order valence-electron chi connectivity index (χ0n) is 9.16. The monoisotopic (exact) mass is 200 g/mol. The van der Waals surface area contributed by atoms with Gasteiger partial charge in [-0.25, -0.2) is 0 Å². The standard InChI is InChI=1S/C10H20N2O2/c1-7(2)9(10(14)11-3)12-6-4-5-8(12)13/h7-9,13H,4-6H2,1-3H3,(H,11,14). The Morgan fingerprint density at radius 3 is 2.57 bits per heavy atom. The average molecular weight is 200 g/mol. The summed E-state index contributed by atoms with van der Waals surface area (Å²) in [6.45, 7) is 4.83. The number of aliphatic hydroxyl groups excluding tert-OH is 1. The van der Waals surface area contributed by atoms with Crippen molar-refractivity contribution in [3.05, 3.63) is 0 Å². The predicted molar refractivity (Wildman–Crippen MR) is 54.6 cm³/mol. The second kappa shape index (κ2) is 4.75. The van der Waals surface area contributed by atoms with Crippen LogP contribution in [0.4, 0.5) is 0 Å². The summed E-state index contributed by atoms with van der Waals surface area (Å²) in [5.41, 5.74) is 0. The van der Waals surface area contributed by atoms with E-state index in [4.69, 9.17) is 0 Å². The summed E-state index contributed by atoms with van der Waals surface area (Å²) < 4.78 is 0. The molecule has 82 valence electrons. The average Bonchev–Trinajstić information content (AvgIpc) is 2.52. The van der Waals surface area contributed by atoms with Crippen molar-refractivity contribution in [3.8, 4) is 0 Å². The molecule has 0 aliphatic carbocycles. The SMILES string of the molecule is CNC(=O)C(C(C)C)N1CCCC1O. The zero-order chi connectivity index (χ0) is 10.7. The van der Waals surface area contributed by atoms with Crippen LogP contribution in [0.15, 0.2) is 0 Å². The first kappa shape index (κ1) is 11.5. The van der Waals surface area contributed by atoms with Gasteiger partial charge in [0.2, 0.25) is 5.91 Å². The van der Waals surface area contributed by atoms with Crippen molar-refractivity contribution in [1.29, 1.82) is 0 Å². The molecule has 14 heavy (non-hydrogen) atoms. The van der Waals surface area contributed by atoms with Crippen LogP contribution >= 0.6 is 0 Å². The molecular weight excluding hydrogens is 180 g/mol. The number of hydrogen-bond acceptors (Lipinski definition) is 3. The quantitative estimate of drug-likeness (QED) is 0.683. The number of rotatable bonds is 3. The van der Waals surface area contributed by atoms with Gasteiger partial charge < -0.3 is 10.4 Å². The van der Waals surface area contributed by atoms with Crippen molar-refractivity contribution in [3.63, 3.8) is 0 Å². The van der Waals surface area contributed by atoms with Gasteiger partial charge in [-0.05, 0) is 18.8 Å². The molecule has 1 rings (SSSR count). The van der Waals surface area contributed by atoms with Gasteiger partial charge >= 0.3 is 0 Å². The summed E-state index contributed by atoms with van der Waals surface area (Å²) in [4.78, 5) is 13.5. The Bertz CT molecular complexity index is 206. The lowest BCUT2D eigenvalue weighted by atomic mass is 10.0. The number of likely N-dealkylation sites (tertiary alicyclic amines) is 1. The first-order valence-corrected chi connectivity index (χ1v) is 5.23. The number of nitrogens with zero attached hydrogens (tertiary/aromatic N) is 1. The summed E-state index contributed by atoms with van der Waals surface area (Å²) in [5, 5.41) is 12.4. The molecule has 0 bridgehead atoms. The smallest absolute Gasteiger partial charge is 0.237 e. The van der Waals surface area contributed by atoms with Crippen molar-refractivity contribution in [2.45, 2.75) is 39.0 Å². The van der Waals surface area contributed by atoms with Crippen LogP contribution in [0.3, 0.4) is 0 Å². The molecule has 0 radical (unpaired) electrons. The highest BCUT2D eigenvalue weighted by Crippen LogP contribution is 2.22. The van der Waals surface area contributed by atoms with Gasteiger partial charge in [0.1, 0.15) is 6.23 Å². The molecule has 2 unspecified atom stereocenters. The van der Waals surface area contributed by atoms with E-state index in [1.54, 1.807) is 7.05 Å². The predicted octanol–water partition coefficient (Wildman–Crippen LogP) is 0.171. The molecule has 0 spiro atoms. The van der Waals surface area contributed by atoms with Crippen molar-refractivity contribution >= 4 is 5.91 Å². The van der Waals surface area contributed by atoms with E-state index in [0.29, 0.717) is 0 Å². The van der Waals surface area contributed by atoms with Crippen LogP contribution in [0.25, 0.3) is 0 Å². The van der Waals surface area contributed by atoms with Crippen LogP contribution in [-0.4, -0.2) is 41.8 Å². The third-order valence-electron chi connectivity index (χ3n) is 2.77. The van der Waals surface area contributed by atoms with Crippen LogP contribution < -0.4 is 5.32 Å². The number of carbonyl (C=O) groups excluding carboxylic acids is 1. The van der Waals surface area contributed by atoms with E-state index in [-0.39, 0.29) is 17.9 Å². The Labute approximate surface area is 85.3 Å². The highest BCUT2D eigenvalue weighted by atomic mass is 16.3. The number of carbonyl (C=O) groups is 1. The van der Waals surface area contributed by atoms with Gasteiger partial charge in [-0.2, -0.15) is 0 Å². The molecule has 1 heterocycles. The molecular formula is C10H20N2O2. The molecule has 1 fully saturated rings. The highest BCUT2D eigenvalue weighted by Gasteiger charge is 2.34. The van der Waals surface area contributed by atoms with Gasteiger partial charge in [0.25, 0.3) is 0 Å². The van der Waals surface area contributed by atoms with Crippen LogP contribution in [0.2, 0.25) is 0 Å². The minimum Gasteiger partial charge on any atom is -0.378 e. The maximum Gasteiger partial charge on any atom is 0.237 e. The molecule has 1 aliphatic heterocycles. The minimum atomic E-state index is -0.445. The van der Waals surface area contributed by atoms with Crippen LogP contribution in [0.1, 0.15) is 26.7 Å². The summed E-state index contributed by atoms with van der Waals surface area (Å²) in [5.74, 6) is 0.226. The largest absolute Gasteiger partial charge is 0.378 e. The number of likely N-dealkylation sites (N-methyl/N-ethyl adjacent to an activating group) is 1. The zero-order valence-corrected chi connectivity index (χ0v) is 9.16. The summed E-state index contributed by atoms with van der Waals surface area (Å²) >= 11 is 0. The van der Waals surface area contributed by atoms with E-state index in [1.807, 2.05) is 18.7 Å². The van der Waals surface area contributed by atoms with E-state index in [9.17, 15) is 9.90 Å². The Kier molecular flexibility index (Phi) is 3.89. The second-order valence-corrected chi connectivity index (χ2v) is 4.16. The maximum atomic E-state index is 11.6. The molecule has 0 aromatic carbocycles. The Morgan fingerprint density at radius 2 is 2.21 bits per heavy atom. The number of amides is 1. The van der Waals surface area contributed by atoms with Crippen LogP contribution in [-0.2, 0) is 4.79 Å². The number of nitrogens with one attached hydrogen (secondary N) is 1. The van der Waals surface area contributed by atoms with E-state index >= 15 is 0 Å². The van der Waals surface area contributed by atoms with Gasteiger partial charge in [-0.15, -0.1) is 0 Å². The Balaban J connectivity index is 2.71. The van der Waals surface area contributed by atoms with E-state index in [1.165, 1.54) is 0 Å². The molecule has 1 aliphatic rings. The summed E-state index contributed by atoms with van der Waals surface area (Å²) in [6.07, 6.45) is 1.31. The van der Waals surface area contributed by atoms with Crippen LogP contribution in [0.5, 0.6) is 0 Å². The third-order valence-corrected chi connectivity index (χ3v) is 2.77. The fourth-order valence-electron chi connectivity index (χ4n) is 2.08. The molecule has 0 aromatic rings. The van der Waals surface area contributed by atoms with Crippen molar-refractivity contribution in [2.75, 3.05) is 13.6 Å². The van der Waals surface area contributed by atoms with Crippen molar-refractivity contribution in [1.82, 2.24) is 10.2 Å². The lowest BCUT2D eigenvalue weighted by molar-refractivity contribution is -0.131. The van der Waals surface area contributed by atoms with E-state index in [0.717, 1.165) is 19.4 Å². The van der Waals surface area contributed by atoms with Crippen molar-refractivity contribution < 1.29 is 9.90 Å². The molecule has 2 atom stereocenters. The molecule has 1 amide bonds. The Hall–Kier alpha value is -0.610. The minimum absolute atomic E-state index is 0.000880. The first-order chi connectivity index (χ1) is 6.57. The third kappa shape index (κ3) is 2.25. The maximum absolute atomic E-state index is 11.6. The van der Waals surface area contributed by atoms with Gasteiger partial charge in [-0.1, -0.05) is 13.8 Å². The van der Waals surface area contributed by atoms with Gasteiger partial charge in [0.15, 0.2) is 0 Å². The topological polar surface area (TPSA) is 52.6 Å². The number of hydrogen-bond donors (Lipinski definition) is 2. The van der Waals surface area contributed by atoms with E-state index < -0.39 is 6.23 Å². The summed E-state index contributed by atoms with van der Waals surface area (Å²) in [6, 6.07) is -0.197. The van der Waals surface area contributed by atoms with E-state index in [2.05, 4.69) is 5.32 Å². The fraction of sp³-hybridized carbons (Fsp3) is 0.900. The molecule has 1 saturated heterocycles. The molecule has 0 aromatic heterocycles. The van der Waals surface area contributed by atoms with Gasteiger partial charge in [-0.3, -0.25) is 9.69 Å². The van der Waals surface area contributed by atoms with Gasteiger partial charge in [0, 0.05) is 13.6 Å². The Morgan fingerprint density at radius 1 is 1.57 bits per heavy atom. The molecule has 0 saturated carbocycles. The number of aliphatic hydroxyl groups is 1. The van der Waals surface area contributed by atoms with Crippen LogP contribution in [0, 0.1) is 5.92 Å². The molecule has 2 N–H and O–H groups in total. The fourth-order valence-corrected chi connectivity index (χ4v) is 2.08. The van der Waals surface area contributed by atoms with Gasteiger partial charge in [0.05, 0.1) is 6.04 Å². The second-order valence-electron chi connectivity index (χ2n) is 4.16. The lowest BCUT2D eigenvalue weighted by Gasteiger charge is -2.31. The highest BCUT2D eigenvalue weighted by molar-refractivity contribution is 5.81. The first-order valence-electron chi connectivity index (χ1n) is 5.23. The molecule has 4 nitrogen and oxygen atoms in total.